The second-order valence-corrected chi connectivity index (χ2v) is 1.59. The fourth-order valence-electron chi connectivity index (χ4n) is 0.557. The van der Waals surface area contributed by atoms with E-state index < -0.39 is 0 Å². The quantitative estimate of drug-likeness (QED) is 0.711. The summed E-state index contributed by atoms with van der Waals surface area (Å²) in [6.45, 7) is 0.584. The molecule has 0 heterocycles. The molecule has 9 heavy (non-hydrogen) atoms. The molecule has 0 aliphatic heterocycles. The van der Waals surface area contributed by atoms with Gasteiger partial charge in [-0.05, 0) is 11.6 Å². The van der Waals surface area contributed by atoms with E-state index in [2.05, 4.69) is 6.07 Å². The zero-order valence-electron chi connectivity index (χ0n) is 5.30. The minimum atomic E-state index is 0. The predicted octanol–water partition coefficient (Wildman–Crippen LogP) is -0.238. The molecule has 1 nitrogen and oxygen atoms in total. The Morgan fingerprint density at radius 3 is 2.56 bits per heavy atom. The Hall–Kier alpha value is 0.0631. The summed E-state index contributed by atoms with van der Waals surface area (Å²) in [6.07, 6.45) is 0. The van der Waals surface area contributed by atoms with E-state index in [-0.39, 0.29) is 26.2 Å². The van der Waals surface area contributed by atoms with Crippen LogP contribution in [0.1, 0.15) is 5.56 Å². The van der Waals surface area contributed by atoms with Crippen LogP contribution in [0.2, 0.25) is 0 Å². The summed E-state index contributed by atoms with van der Waals surface area (Å²) in [4.78, 5) is 0. The van der Waals surface area contributed by atoms with Gasteiger partial charge in [0.2, 0.25) is 0 Å². The second-order valence-electron chi connectivity index (χ2n) is 1.59. The van der Waals surface area contributed by atoms with Crippen LogP contribution in [0, 0.1) is 6.07 Å². The molecule has 1 radical (unpaired) electrons. The molecular formula is C7H11BiN. The van der Waals surface area contributed by atoms with Crippen molar-refractivity contribution < 1.29 is 0 Å². The van der Waals surface area contributed by atoms with Crippen molar-refractivity contribution in [2.45, 2.75) is 6.54 Å². The number of hydrogen-bond donors (Lipinski definition) is 1. The van der Waals surface area contributed by atoms with Crippen LogP contribution in [0.3, 0.4) is 0 Å². The van der Waals surface area contributed by atoms with Crippen molar-refractivity contribution in [3.63, 3.8) is 0 Å². The molecule has 1 aromatic carbocycles. The fraction of sp³-hybridized carbons (Fsp3) is 0.143. The molecule has 0 saturated heterocycles. The molecule has 0 amide bonds. The Kier molecular flexibility index (Phi) is 4.93. The van der Waals surface area contributed by atoms with Crippen LogP contribution >= 0.6 is 0 Å². The summed E-state index contributed by atoms with van der Waals surface area (Å²) in [6, 6.07) is 10.7. The molecule has 0 aliphatic carbocycles. The van der Waals surface area contributed by atoms with Crippen molar-refractivity contribution >= 4 is 26.2 Å². The minimum absolute atomic E-state index is 0. The van der Waals surface area contributed by atoms with E-state index in [1.54, 1.807) is 0 Å². The van der Waals surface area contributed by atoms with Crippen molar-refractivity contribution in [2.75, 3.05) is 0 Å². The first-order valence-corrected chi connectivity index (χ1v) is 2.59. The molecule has 2 heteroatoms. The van der Waals surface area contributed by atoms with Gasteiger partial charge in [-0.15, -0.1) is 0 Å². The van der Waals surface area contributed by atoms with Gasteiger partial charge in [-0.3, -0.25) is 0 Å². The van der Waals surface area contributed by atoms with Gasteiger partial charge in [0, 0.05) is 6.54 Å². The number of rotatable bonds is 1. The Labute approximate surface area is 74.4 Å². The summed E-state index contributed by atoms with van der Waals surface area (Å²) >= 11 is 0. The summed E-state index contributed by atoms with van der Waals surface area (Å²) in [5, 5.41) is 0. The molecule has 0 bridgehead atoms. The number of benzene rings is 1. The van der Waals surface area contributed by atoms with Gasteiger partial charge in [-0.1, -0.05) is 24.3 Å². The fourth-order valence-corrected chi connectivity index (χ4v) is 0.557. The predicted molar refractivity (Wildman–Crippen MR) is 43.1 cm³/mol. The SMILES string of the molecule is NCc1[c]cccc1.[BiH3]. The number of nitrogens with two attached hydrogens (primary N) is 1. The van der Waals surface area contributed by atoms with E-state index >= 15 is 0 Å². The van der Waals surface area contributed by atoms with Crippen LogP contribution in [0.15, 0.2) is 24.3 Å². The average Bonchev–Trinajstić information content (AvgIpc) is 1.90. The van der Waals surface area contributed by atoms with Gasteiger partial charge in [-0.25, -0.2) is 0 Å². The van der Waals surface area contributed by atoms with Gasteiger partial charge in [0.15, 0.2) is 0 Å². The Balaban J connectivity index is 0.000000640. The van der Waals surface area contributed by atoms with Gasteiger partial charge in [0.25, 0.3) is 0 Å². The van der Waals surface area contributed by atoms with Gasteiger partial charge in [0.1, 0.15) is 0 Å². The molecule has 0 fully saturated rings. The standard InChI is InChI=1S/C7H8N.Bi.3H/c8-6-7-4-2-1-3-5-7;;;;/h1-4H,6,8H2;;;;. The van der Waals surface area contributed by atoms with Crippen molar-refractivity contribution in [2.24, 2.45) is 5.73 Å². The van der Waals surface area contributed by atoms with Crippen LogP contribution in [0.4, 0.5) is 0 Å². The van der Waals surface area contributed by atoms with Crippen LogP contribution in [-0.4, -0.2) is 26.2 Å². The molecule has 0 atom stereocenters. The molecule has 1 rings (SSSR count). The Morgan fingerprint density at radius 1 is 1.44 bits per heavy atom. The molecular weight excluding hydrogens is 307 g/mol. The van der Waals surface area contributed by atoms with E-state index in [0.717, 1.165) is 5.56 Å². The van der Waals surface area contributed by atoms with E-state index in [0.29, 0.717) is 6.54 Å². The van der Waals surface area contributed by atoms with Crippen molar-refractivity contribution in [1.82, 2.24) is 0 Å². The maximum absolute atomic E-state index is 5.32. The van der Waals surface area contributed by atoms with E-state index in [4.69, 9.17) is 5.73 Å². The molecule has 0 unspecified atom stereocenters. The van der Waals surface area contributed by atoms with Gasteiger partial charge in [0.05, 0.1) is 0 Å². The molecule has 0 spiro atoms. The monoisotopic (exact) mass is 318 g/mol. The van der Waals surface area contributed by atoms with Crippen LogP contribution < -0.4 is 5.73 Å². The third-order valence-electron chi connectivity index (χ3n) is 0.993. The summed E-state index contributed by atoms with van der Waals surface area (Å²) in [5.41, 5.74) is 6.38. The Morgan fingerprint density at radius 2 is 2.22 bits per heavy atom. The number of hydrogen-bond acceptors (Lipinski definition) is 1. The summed E-state index contributed by atoms with van der Waals surface area (Å²) in [5.74, 6) is 0. The normalized spacial score (nSPS) is 8.11. The van der Waals surface area contributed by atoms with Crippen molar-refractivity contribution in [3.05, 3.63) is 35.9 Å². The van der Waals surface area contributed by atoms with Crippen LogP contribution in [0.5, 0.6) is 0 Å². The van der Waals surface area contributed by atoms with Crippen LogP contribution in [0.25, 0.3) is 0 Å². The van der Waals surface area contributed by atoms with Gasteiger partial charge < -0.3 is 5.73 Å². The van der Waals surface area contributed by atoms with E-state index in [1.807, 2.05) is 24.3 Å². The zero-order valence-corrected chi connectivity index (χ0v) is 10.8. The first-order valence-electron chi connectivity index (χ1n) is 2.59. The Bertz CT molecular complexity index is 150. The topological polar surface area (TPSA) is 26.0 Å². The molecule has 0 saturated carbocycles. The second kappa shape index (κ2) is 4.90. The molecule has 0 aromatic heterocycles. The van der Waals surface area contributed by atoms with Crippen molar-refractivity contribution in [3.8, 4) is 0 Å². The first kappa shape index (κ1) is 9.06. The first-order chi connectivity index (χ1) is 3.93. The third-order valence-corrected chi connectivity index (χ3v) is 0.993. The summed E-state index contributed by atoms with van der Waals surface area (Å²) in [7, 11) is 0. The summed E-state index contributed by atoms with van der Waals surface area (Å²) < 4.78 is 0. The van der Waals surface area contributed by atoms with Gasteiger partial charge >= 0.3 is 26.2 Å². The molecule has 0 aliphatic rings. The third kappa shape index (κ3) is 2.93. The van der Waals surface area contributed by atoms with Crippen LogP contribution in [-0.2, 0) is 6.54 Å². The zero-order chi connectivity index (χ0) is 5.82. The molecule has 2 N–H and O–H groups in total. The van der Waals surface area contributed by atoms with Crippen molar-refractivity contribution in [1.29, 1.82) is 0 Å². The van der Waals surface area contributed by atoms with Gasteiger partial charge in [-0.2, -0.15) is 0 Å². The van der Waals surface area contributed by atoms with E-state index in [9.17, 15) is 0 Å². The average molecular weight is 318 g/mol. The van der Waals surface area contributed by atoms with E-state index in [1.165, 1.54) is 0 Å². The molecule has 1 aromatic rings. The maximum atomic E-state index is 5.32. The molecule has 49 valence electrons.